The number of phenolic OH excluding ortho intramolecular Hbond substituents is 2. The Kier molecular flexibility index (Phi) is 10.3. The average Bonchev–Trinajstić information content (AvgIpc) is 2.87. The highest BCUT2D eigenvalue weighted by molar-refractivity contribution is 6.00. The second kappa shape index (κ2) is 13.6. The van der Waals surface area contributed by atoms with Crippen LogP contribution in [0.2, 0.25) is 0 Å². The molecule has 13 nitrogen and oxygen atoms in total. The fraction of sp³-hybridized carbons (Fsp3) is 0.393. The number of Topliss-reactive ketones (excluding diaryl/α,β-unsaturated/α-hetero) is 1. The zero-order valence-corrected chi connectivity index (χ0v) is 22.7. The summed E-state index contributed by atoms with van der Waals surface area (Å²) in [6.07, 6.45) is -7.02. The average molecular weight is 575 g/mol. The van der Waals surface area contributed by atoms with E-state index in [4.69, 9.17) is 28.4 Å². The Bertz CT molecular complexity index is 1290. The van der Waals surface area contributed by atoms with Crippen LogP contribution in [0.15, 0.2) is 42.5 Å². The van der Waals surface area contributed by atoms with Crippen LogP contribution in [0, 0.1) is 0 Å². The van der Waals surface area contributed by atoms with E-state index in [0.29, 0.717) is 5.56 Å². The summed E-state index contributed by atoms with van der Waals surface area (Å²) < 4.78 is 32.8. The van der Waals surface area contributed by atoms with Gasteiger partial charge in [-0.1, -0.05) is 12.1 Å². The van der Waals surface area contributed by atoms with Gasteiger partial charge in [0.15, 0.2) is 18.0 Å². The number of carbonyl (C=O) groups excluding carboxylic acids is 5. The summed E-state index contributed by atoms with van der Waals surface area (Å²) in [7, 11) is 0. The van der Waals surface area contributed by atoms with Gasteiger partial charge < -0.3 is 38.6 Å². The fourth-order valence-corrected chi connectivity index (χ4v) is 4.13. The molecule has 0 radical (unpaired) electrons. The predicted molar refractivity (Wildman–Crippen MR) is 137 cm³/mol. The molecule has 0 saturated carbocycles. The molecule has 2 N–H and O–H groups in total. The van der Waals surface area contributed by atoms with Crippen LogP contribution in [0.3, 0.4) is 0 Å². The maximum atomic E-state index is 12.8. The molecule has 0 unspecified atom stereocenters. The Morgan fingerprint density at radius 2 is 1.34 bits per heavy atom. The first kappa shape index (κ1) is 30.9. The number of carbonyl (C=O) groups is 5. The van der Waals surface area contributed by atoms with Crippen LogP contribution >= 0.6 is 0 Å². The van der Waals surface area contributed by atoms with Crippen molar-refractivity contribution in [3.63, 3.8) is 0 Å². The Labute approximate surface area is 234 Å². The van der Waals surface area contributed by atoms with E-state index in [1.165, 1.54) is 24.3 Å². The summed E-state index contributed by atoms with van der Waals surface area (Å²) in [5.74, 6) is -3.85. The van der Waals surface area contributed by atoms with Crippen molar-refractivity contribution in [3.05, 3.63) is 53.6 Å². The molecule has 3 rings (SSSR count). The molecule has 2 aromatic rings. The SMILES string of the molecule is CC(=O)OC[C@@H]1O[C@@H](Oc2ccc(C(=O)Cc3ccc(O)cc3)c(O)c2)[C@@H](OC(C)=O)[C@H](OC(C)=O)[C@H]1OC(C)=O. The van der Waals surface area contributed by atoms with E-state index in [9.17, 15) is 34.2 Å². The highest BCUT2D eigenvalue weighted by atomic mass is 16.7. The molecule has 5 atom stereocenters. The number of benzene rings is 2. The van der Waals surface area contributed by atoms with Crippen LogP contribution in [0.25, 0.3) is 0 Å². The van der Waals surface area contributed by atoms with E-state index in [-0.39, 0.29) is 23.5 Å². The van der Waals surface area contributed by atoms with Gasteiger partial charge in [-0.3, -0.25) is 24.0 Å². The largest absolute Gasteiger partial charge is 0.508 e. The number of aromatic hydroxyl groups is 2. The van der Waals surface area contributed by atoms with Crippen molar-refractivity contribution in [2.24, 2.45) is 0 Å². The van der Waals surface area contributed by atoms with Gasteiger partial charge in [0.25, 0.3) is 0 Å². The van der Waals surface area contributed by atoms with Crippen LogP contribution in [0.4, 0.5) is 0 Å². The molecule has 0 spiro atoms. The van der Waals surface area contributed by atoms with Crippen LogP contribution in [-0.2, 0) is 49.3 Å². The Balaban J connectivity index is 1.90. The molecule has 1 heterocycles. The molecule has 1 aliphatic rings. The zero-order valence-electron chi connectivity index (χ0n) is 22.7. The lowest BCUT2D eigenvalue weighted by molar-refractivity contribution is -0.288. The molecule has 13 heteroatoms. The quantitative estimate of drug-likeness (QED) is 0.239. The molecule has 220 valence electrons. The minimum absolute atomic E-state index is 0.00744. The van der Waals surface area contributed by atoms with Gasteiger partial charge in [0.1, 0.15) is 30.0 Å². The van der Waals surface area contributed by atoms with Crippen LogP contribution in [0.5, 0.6) is 17.2 Å². The van der Waals surface area contributed by atoms with Crippen molar-refractivity contribution in [1.82, 2.24) is 0 Å². The molecule has 0 bridgehead atoms. The number of hydrogen-bond acceptors (Lipinski definition) is 13. The topological polar surface area (TPSA) is 181 Å². The standard InChI is InChI=1S/C28H30O13/c1-14(29)36-13-24-25(37-15(2)30)26(38-16(3)31)27(39-17(4)32)28(41-24)40-20-9-10-21(23(35)12-20)22(34)11-18-5-7-19(33)8-6-18/h5-10,12,24-28,33,35H,11,13H2,1-4H3/t24-,25-,26+,27-,28+/m0/s1. The van der Waals surface area contributed by atoms with Gasteiger partial charge in [0.2, 0.25) is 12.4 Å². The maximum absolute atomic E-state index is 12.8. The summed E-state index contributed by atoms with van der Waals surface area (Å²) in [6, 6.07) is 9.84. The van der Waals surface area contributed by atoms with E-state index in [2.05, 4.69) is 0 Å². The van der Waals surface area contributed by atoms with Gasteiger partial charge in [0.05, 0.1) is 5.56 Å². The number of hydrogen-bond donors (Lipinski definition) is 2. The van der Waals surface area contributed by atoms with Gasteiger partial charge >= 0.3 is 23.9 Å². The molecule has 2 aromatic carbocycles. The van der Waals surface area contributed by atoms with Crippen LogP contribution in [0.1, 0.15) is 43.6 Å². The fourth-order valence-electron chi connectivity index (χ4n) is 4.13. The van der Waals surface area contributed by atoms with Gasteiger partial charge in [-0.2, -0.15) is 0 Å². The first-order valence-corrected chi connectivity index (χ1v) is 12.4. The Hall–Kier alpha value is -4.65. The van der Waals surface area contributed by atoms with E-state index in [1.807, 2.05) is 0 Å². The number of esters is 4. The third kappa shape index (κ3) is 8.67. The van der Waals surface area contributed by atoms with Gasteiger partial charge in [0, 0.05) is 40.2 Å². The van der Waals surface area contributed by atoms with Crippen molar-refractivity contribution in [1.29, 1.82) is 0 Å². The highest BCUT2D eigenvalue weighted by Crippen LogP contribution is 2.33. The Morgan fingerprint density at radius 3 is 1.90 bits per heavy atom. The van der Waals surface area contributed by atoms with Crippen molar-refractivity contribution in [2.45, 2.75) is 64.8 Å². The normalized spacial score (nSPS) is 21.7. The van der Waals surface area contributed by atoms with Crippen molar-refractivity contribution in [2.75, 3.05) is 6.61 Å². The minimum atomic E-state index is -1.51. The zero-order chi connectivity index (χ0) is 30.3. The third-order valence-electron chi connectivity index (χ3n) is 5.77. The highest BCUT2D eigenvalue weighted by Gasteiger charge is 2.53. The number of phenols is 2. The summed E-state index contributed by atoms with van der Waals surface area (Å²) in [4.78, 5) is 60.0. The summed E-state index contributed by atoms with van der Waals surface area (Å²) in [6.45, 7) is 4.00. The van der Waals surface area contributed by atoms with E-state index >= 15 is 0 Å². The Morgan fingerprint density at radius 1 is 0.756 bits per heavy atom. The van der Waals surface area contributed by atoms with Crippen LogP contribution in [-0.4, -0.2) is 77.2 Å². The minimum Gasteiger partial charge on any atom is -0.508 e. The first-order valence-electron chi connectivity index (χ1n) is 12.4. The molecule has 1 saturated heterocycles. The van der Waals surface area contributed by atoms with Crippen LogP contribution < -0.4 is 4.74 Å². The molecular formula is C28H30O13. The summed E-state index contributed by atoms with van der Waals surface area (Å²) >= 11 is 0. The van der Waals surface area contributed by atoms with Gasteiger partial charge in [-0.15, -0.1) is 0 Å². The summed E-state index contributed by atoms with van der Waals surface area (Å²) in [5, 5.41) is 20.0. The summed E-state index contributed by atoms with van der Waals surface area (Å²) in [5.41, 5.74) is 0.608. The molecule has 0 aromatic heterocycles. The monoisotopic (exact) mass is 574 g/mol. The third-order valence-corrected chi connectivity index (χ3v) is 5.77. The van der Waals surface area contributed by atoms with Crippen molar-refractivity contribution in [3.8, 4) is 17.2 Å². The molecule has 1 fully saturated rings. The molecule has 0 aliphatic carbocycles. The number of ether oxygens (including phenoxy) is 6. The van der Waals surface area contributed by atoms with E-state index in [1.54, 1.807) is 12.1 Å². The number of rotatable bonds is 10. The molecule has 41 heavy (non-hydrogen) atoms. The van der Waals surface area contributed by atoms with Crippen molar-refractivity contribution >= 4 is 29.7 Å². The number of ketones is 1. The molecule has 0 amide bonds. The van der Waals surface area contributed by atoms with E-state index < -0.39 is 72.7 Å². The second-order valence-electron chi connectivity index (χ2n) is 9.13. The smallest absolute Gasteiger partial charge is 0.303 e. The maximum Gasteiger partial charge on any atom is 0.303 e. The molecular weight excluding hydrogens is 544 g/mol. The lowest BCUT2D eigenvalue weighted by atomic mass is 9.98. The van der Waals surface area contributed by atoms with Crippen molar-refractivity contribution < 1.29 is 62.6 Å². The lowest BCUT2D eigenvalue weighted by Crippen LogP contribution is -2.63. The van der Waals surface area contributed by atoms with Gasteiger partial charge in [-0.05, 0) is 29.8 Å². The second-order valence-corrected chi connectivity index (χ2v) is 9.13. The lowest BCUT2D eigenvalue weighted by Gasteiger charge is -2.43. The first-order chi connectivity index (χ1) is 19.3. The predicted octanol–water partition coefficient (Wildman–Crippen LogP) is 1.99. The molecule has 1 aliphatic heterocycles. The van der Waals surface area contributed by atoms with E-state index in [0.717, 1.165) is 33.8 Å². The van der Waals surface area contributed by atoms with Gasteiger partial charge in [-0.25, -0.2) is 0 Å².